The summed E-state index contributed by atoms with van der Waals surface area (Å²) in [5.41, 5.74) is 3.37. The van der Waals surface area contributed by atoms with Crippen LogP contribution in [0.3, 0.4) is 0 Å². The van der Waals surface area contributed by atoms with Gasteiger partial charge in [0, 0.05) is 37.3 Å². The number of nitrogens with one attached hydrogen (secondary N) is 1. The highest BCUT2D eigenvalue weighted by Crippen LogP contribution is 2.35. The monoisotopic (exact) mass is 367 g/mol. The minimum atomic E-state index is 0.0940. The highest BCUT2D eigenvalue weighted by molar-refractivity contribution is 7.80. The van der Waals surface area contributed by atoms with Gasteiger partial charge in [0.25, 0.3) is 5.56 Å². The number of rotatable bonds is 1. The number of benzene rings is 1. The van der Waals surface area contributed by atoms with E-state index in [1.165, 1.54) is 0 Å². The average molecular weight is 367 g/mol. The Bertz CT molecular complexity index is 1060. The van der Waals surface area contributed by atoms with Crippen molar-refractivity contribution < 1.29 is 4.63 Å². The zero-order valence-corrected chi connectivity index (χ0v) is 14.8. The fraction of sp³-hybridized carbons (Fsp3) is 0.333. The van der Waals surface area contributed by atoms with Crippen LogP contribution in [-0.4, -0.2) is 38.0 Å². The Morgan fingerprint density at radius 2 is 2.04 bits per heavy atom. The molecule has 1 saturated heterocycles. The number of hydrogen-bond acceptors (Lipinski definition) is 5. The van der Waals surface area contributed by atoms with Crippen molar-refractivity contribution >= 4 is 34.1 Å². The summed E-state index contributed by atoms with van der Waals surface area (Å²) in [7, 11) is 0. The molecule has 0 saturated carbocycles. The van der Waals surface area contributed by atoms with E-state index >= 15 is 0 Å². The van der Waals surface area contributed by atoms with E-state index in [9.17, 15) is 4.79 Å². The first kappa shape index (κ1) is 15.5. The van der Waals surface area contributed by atoms with Crippen molar-refractivity contribution in [2.45, 2.75) is 18.9 Å². The molecule has 2 aromatic heterocycles. The Hall–Kier alpha value is -2.74. The molecule has 132 valence electrons. The fourth-order valence-corrected chi connectivity index (χ4v) is 4.42. The van der Waals surface area contributed by atoms with Gasteiger partial charge in [-0.15, -0.1) is 0 Å². The van der Waals surface area contributed by atoms with Crippen molar-refractivity contribution in [1.29, 1.82) is 0 Å². The third-order valence-electron chi connectivity index (χ3n) is 5.29. The van der Waals surface area contributed by atoms with E-state index in [1.807, 2.05) is 28.8 Å². The van der Waals surface area contributed by atoms with Gasteiger partial charge in [0.15, 0.2) is 10.6 Å². The minimum Gasteiger partial charge on any atom is -0.348 e. The van der Waals surface area contributed by atoms with Crippen molar-refractivity contribution in [3.05, 3.63) is 52.4 Å². The molecule has 8 heteroatoms. The zero-order chi connectivity index (χ0) is 17.7. The molecule has 7 nitrogen and oxygen atoms in total. The molecule has 3 aromatic rings. The van der Waals surface area contributed by atoms with E-state index in [2.05, 4.69) is 26.6 Å². The largest absolute Gasteiger partial charge is 0.348 e. The normalized spacial score (nSPS) is 21.5. The van der Waals surface area contributed by atoms with Crippen LogP contribution in [0.1, 0.15) is 18.0 Å². The van der Waals surface area contributed by atoms with Gasteiger partial charge in [-0.3, -0.25) is 4.79 Å². The summed E-state index contributed by atoms with van der Waals surface area (Å²) in [5, 5.41) is 11.8. The summed E-state index contributed by atoms with van der Waals surface area (Å²) in [6.07, 6.45) is 1.10. The van der Waals surface area contributed by atoms with Gasteiger partial charge in [-0.1, -0.05) is 12.1 Å². The average Bonchev–Trinajstić information content (AvgIpc) is 3.12. The first-order valence-electron chi connectivity index (χ1n) is 8.66. The van der Waals surface area contributed by atoms with Crippen LogP contribution < -0.4 is 10.9 Å². The molecule has 0 spiro atoms. The van der Waals surface area contributed by atoms with Gasteiger partial charge in [-0.2, -0.15) is 0 Å². The molecule has 2 aliphatic heterocycles. The maximum absolute atomic E-state index is 12.1. The topological polar surface area (TPSA) is 76.2 Å². The third kappa shape index (κ3) is 2.48. The van der Waals surface area contributed by atoms with Crippen LogP contribution in [-0.2, 0) is 6.54 Å². The Morgan fingerprint density at radius 3 is 2.96 bits per heavy atom. The van der Waals surface area contributed by atoms with Crippen LogP contribution in [0.15, 0.2) is 45.8 Å². The van der Waals surface area contributed by atoms with E-state index in [0.29, 0.717) is 28.0 Å². The lowest BCUT2D eigenvalue weighted by atomic mass is 9.83. The predicted molar refractivity (Wildman–Crippen MR) is 101 cm³/mol. The second-order valence-corrected chi connectivity index (χ2v) is 7.36. The molecule has 1 aromatic carbocycles. The first-order chi connectivity index (χ1) is 12.7. The Morgan fingerprint density at radius 1 is 1.15 bits per heavy atom. The molecule has 4 heterocycles. The highest BCUT2D eigenvalue weighted by Gasteiger charge is 2.35. The van der Waals surface area contributed by atoms with Gasteiger partial charge in [-0.05, 0) is 53.1 Å². The smallest absolute Gasteiger partial charge is 0.250 e. The molecule has 2 atom stereocenters. The molecule has 2 bridgehead atoms. The number of aromatic nitrogens is 3. The lowest BCUT2D eigenvalue weighted by molar-refractivity contribution is 0.180. The van der Waals surface area contributed by atoms with Gasteiger partial charge in [0.2, 0.25) is 0 Å². The number of piperidine rings is 1. The number of likely N-dealkylation sites (tertiary alicyclic amines) is 1. The number of pyridine rings is 1. The molecule has 2 aliphatic rings. The third-order valence-corrected chi connectivity index (χ3v) is 5.65. The zero-order valence-electron chi connectivity index (χ0n) is 14.0. The van der Waals surface area contributed by atoms with Crippen LogP contribution in [0, 0.1) is 5.92 Å². The van der Waals surface area contributed by atoms with Crippen molar-refractivity contribution in [3.8, 4) is 0 Å². The Balaban J connectivity index is 1.40. The van der Waals surface area contributed by atoms with Crippen molar-refractivity contribution in [2.24, 2.45) is 5.92 Å². The van der Waals surface area contributed by atoms with E-state index in [-0.39, 0.29) is 5.56 Å². The lowest BCUT2D eigenvalue weighted by Gasteiger charge is -2.43. The number of fused-ring (bicyclic) bond motifs is 5. The van der Waals surface area contributed by atoms with Gasteiger partial charge >= 0.3 is 0 Å². The molecular weight excluding hydrogens is 350 g/mol. The first-order valence-corrected chi connectivity index (χ1v) is 9.07. The standard InChI is InChI=1S/C18H17N5O2S/c24-16-6-2-5-15-12-7-11(9-23(15)16)8-22(10-12)18(26)19-13-3-1-4-14-17(13)21-25-20-14/h1-6,11-12H,7-10H2,(H,19,26)/t11-,12+/m0/s1. The van der Waals surface area contributed by atoms with Crippen LogP contribution in [0.25, 0.3) is 11.0 Å². The van der Waals surface area contributed by atoms with E-state index < -0.39 is 0 Å². The second kappa shape index (κ2) is 5.91. The summed E-state index contributed by atoms with van der Waals surface area (Å²) < 4.78 is 6.74. The van der Waals surface area contributed by atoms with E-state index in [1.54, 1.807) is 6.07 Å². The van der Waals surface area contributed by atoms with E-state index in [4.69, 9.17) is 16.8 Å². The second-order valence-electron chi connectivity index (χ2n) is 6.97. The highest BCUT2D eigenvalue weighted by atomic mass is 32.1. The predicted octanol–water partition coefficient (Wildman–Crippen LogP) is 2.20. The molecular formula is C18H17N5O2S. The fourth-order valence-electron chi connectivity index (χ4n) is 4.16. The van der Waals surface area contributed by atoms with Crippen molar-refractivity contribution in [1.82, 2.24) is 19.8 Å². The summed E-state index contributed by atoms with van der Waals surface area (Å²) >= 11 is 5.66. The summed E-state index contributed by atoms with van der Waals surface area (Å²) in [4.78, 5) is 14.3. The van der Waals surface area contributed by atoms with Gasteiger partial charge < -0.3 is 14.8 Å². The quantitative estimate of drug-likeness (QED) is 0.661. The number of anilines is 1. The maximum atomic E-state index is 12.1. The molecule has 0 aliphatic carbocycles. The van der Waals surface area contributed by atoms with E-state index in [0.717, 1.165) is 37.4 Å². The van der Waals surface area contributed by atoms with Crippen LogP contribution in [0.4, 0.5) is 5.69 Å². The van der Waals surface area contributed by atoms with Crippen LogP contribution >= 0.6 is 12.2 Å². The SMILES string of the molecule is O=c1cccc2n1C[C@H]1C[C@@H]2CN(C(=S)Nc2cccc3nonc23)C1. The maximum Gasteiger partial charge on any atom is 0.250 e. The van der Waals surface area contributed by atoms with Gasteiger partial charge in [0.1, 0.15) is 5.52 Å². The summed E-state index contributed by atoms with van der Waals surface area (Å²) in [6.45, 7) is 2.41. The minimum absolute atomic E-state index is 0.0940. The molecule has 0 amide bonds. The lowest BCUT2D eigenvalue weighted by Crippen LogP contribution is -2.50. The van der Waals surface area contributed by atoms with Crippen LogP contribution in [0.5, 0.6) is 0 Å². The molecule has 0 radical (unpaired) electrons. The molecule has 1 fully saturated rings. The molecule has 0 unspecified atom stereocenters. The Labute approximate surface area is 154 Å². The summed E-state index contributed by atoms with van der Waals surface area (Å²) in [5.74, 6) is 0.742. The van der Waals surface area contributed by atoms with Crippen LogP contribution in [0.2, 0.25) is 0 Å². The van der Waals surface area contributed by atoms with Gasteiger partial charge in [0.05, 0.1) is 5.69 Å². The number of thiocarbonyl (C=S) groups is 1. The summed E-state index contributed by atoms with van der Waals surface area (Å²) in [6, 6.07) is 11.2. The molecule has 5 rings (SSSR count). The van der Waals surface area contributed by atoms with Gasteiger partial charge in [-0.25, -0.2) is 4.63 Å². The van der Waals surface area contributed by atoms with Crippen molar-refractivity contribution in [2.75, 3.05) is 18.4 Å². The number of nitrogens with zero attached hydrogens (tertiary/aromatic N) is 4. The Kier molecular flexibility index (Phi) is 3.53. The van der Waals surface area contributed by atoms with Crippen molar-refractivity contribution in [3.63, 3.8) is 0 Å². The molecule has 26 heavy (non-hydrogen) atoms. The number of hydrogen-bond donors (Lipinski definition) is 1. The molecule has 1 N–H and O–H groups in total.